The van der Waals surface area contributed by atoms with E-state index in [1.807, 2.05) is 24.6 Å². The Morgan fingerprint density at radius 2 is 2.11 bits per heavy atom. The molecule has 1 N–H and O–H groups in total. The highest BCUT2D eigenvalue weighted by molar-refractivity contribution is 5.19. The maximum absolute atomic E-state index is 13.5. The lowest BCUT2D eigenvalue weighted by Gasteiger charge is -2.15. The smallest absolute Gasteiger partial charge is 0.127 e. The van der Waals surface area contributed by atoms with Crippen LogP contribution in [0.2, 0.25) is 0 Å². The average Bonchev–Trinajstić information content (AvgIpc) is 2.88. The molecule has 0 amide bonds. The Labute approximate surface area is 111 Å². The number of rotatable bonds is 5. The summed E-state index contributed by atoms with van der Waals surface area (Å²) >= 11 is 0. The molecule has 0 saturated carbocycles. The van der Waals surface area contributed by atoms with Crippen molar-refractivity contribution in [3.05, 3.63) is 53.4 Å². The number of hydrogen-bond acceptors (Lipinski definition) is 2. The van der Waals surface area contributed by atoms with Crippen molar-refractivity contribution in [2.45, 2.75) is 33.0 Å². The second-order valence-electron chi connectivity index (χ2n) is 4.41. The lowest BCUT2D eigenvalue weighted by Crippen LogP contribution is -2.21. The molecule has 1 aromatic heterocycles. The van der Waals surface area contributed by atoms with Crippen LogP contribution in [0.5, 0.6) is 0 Å². The van der Waals surface area contributed by atoms with E-state index in [4.69, 9.17) is 0 Å². The third kappa shape index (κ3) is 3.17. The molecule has 0 aliphatic heterocycles. The van der Waals surface area contributed by atoms with Crippen molar-refractivity contribution in [3.8, 4) is 0 Å². The van der Waals surface area contributed by atoms with E-state index in [1.54, 1.807) is 6.20 Å². The van der Waals surface area contributed by atoms with Crippen LogP contribution in [0, 0.1) is 11.6 Å². The number of aryl methyl sites for hydroxylation is 1. The SMILES string of the molecule is CCn1nccc1C(C)NCc1cc(F)ccc1F. The van der Waals surface area contributed by atoms with Crippen LogP contribution in [0.4, 0.5) is 8.78 Å². The minimum absolute atomic E-state index is 0.0186. The molecular weight excluding hydrogens is 248 g/mol. The Morgan fingerprint density at radius 3 is 2.84 bits per heavy atom. The van der Waals surface area contributed by atoms with Gasteiger partial charge in [0.1, 0.15) is 11.6 Å². The summed E-state index contributed by atoms with van der Waals surface area (Å²) in [6.45, 7) is 5.04. The van der Waals surface area contributed by atoms with Gasteiger partial charge in [-0.15, -0.1) is 0 Å². The van der Waals surface area contributed by atoms with Crippen molar-refractivity contribution in [2.75, 3.05) is 0 Å². The van der Waals surface area contributed by atoms with E-state index in [2.05, 4.69) is 10.4 Å². The van der Waals surface area contributed by atoms with Gasteiger partial charge in [0.2, 0.25) is 0 Å². The first kappa shape index (κ1) is 13.7. The fraction of sp³-hybridized carbons (Fsp3) is 0.357. The average molecular weight is 265 g/mol. The van der Waals surface area contributed by atoms with Gasteiger partial charge in [0.05, 0.1) is 5.69 Å². The number of aromatic nitrogens is 2. The molecule has 2 rings (SSSR count). The van der Waals surface area contributed by atoms with Gasteiger partial charge in [-0.1, -0.05) is 0 Å². The minimum atomic E-state index is -0.426. The summed E-state index contributed by atoms with van der Waals surface area (Å²) in [5.74, 6) is -0.824. The maximum Gasteiger partial charge on any atom is 0.127 e. The van der Waals surface area contributed by atoms with Gasteiger partial charge < -0.3 is 5.32 Å². The zero-order chi connectivity index (χ0) is 13.8. The van der Waals surface area contributed by atoms with Crippen molar-refractivity contribution < 1.29 is 8.78 Å². The standard InChI is InChI=1S/C14H17F2N3/c1-3-19-14(6-7-18-19)10(2)17-9-11-8-12(15)4-5-13(11)16/h4-8,10,17H,3,9H2,1-2H3. The monoisotopic (exact) mass is 265 g/mol. The molecule has 5 heteroatoms. The molecule has 1 aromatic carbocycles. The van der Waals surface area contributed by atoms with Gasteiger partial charge in [0.25, 0.3) is 0 Å². The van der Waals surface area contributed by atoms with Crippen molar-refractivity contribution in [1.82, 2.24) is 15.1 Å². The van der Waals surface area contributed by atoms with Crippen LogP contribution in [0.1, 0.15) is 31.1 Å². The summed E-state index contributed by atoms with van der Waals surface area (Å²) in [5.41, 5.74) is 1.36. The second-order valence-corrected chi connectivity index (χ2v) is 4.41. The van der Waals surface area contributed by atoms with E-state index < -0.39 is 11.6 Å². The van der Waals surface area contributed by atoms with Crippen molar-refractivity contribution in [2.24, 2.45) is 0 Å². The van der Waals surface area contributed by atoms with Crippen LogP contribution in [-0.4, -0.2) is 9.78 Å². The van der Waals surface area contributed by atoms with Crippen molar-refractivity contribution >= 4 is 0 Å². The molecule has 1 atom stereocenters. The van der Waals surface area contributed by atoms with Gasteiger partial charge in [-0.25, -0.2) is 8.78 Å². The van der Waals surface area contributed by atoms with Gasteiger partial charge in [0.15, 0.2) is 0 Å². The number of nitrogens with zero attached hydrogens (tertiary/aromatic N) is 2. The first-order valence-corrected chi connectivity index (χ1v) is 6.30. The highest BCUT2D eigenvalue weighted by atomic mass is 19.1. The molecule has 19 heavy (non-hydrogen) atoms. The molecule has 0 bridgehead atoms. The van der Waals surface area contributed by atoms with Crippen LogP contribution in [0.15, 0.2) is 30.5 Å². The van der Waals surface area contributed by atoms with Crippen molar-refractivity contribution in [3.63, 3.8) is 0 Å². The van der Waals surface area contributed by atoms with E-state index in [1.165, 1.54) is 6.07 Å². The second kappa shape index (κ2) is 5.93. The number of hydrogen-bond donors (Lipinski definition) is 1. The van der Waals surface area contributed by atoms with Crippen LogP contribution in [0.3, 0.4) is 0 Å². The first-order chi connectivity index (χ1) is 9.11. The van der Waals surface area contributed by atoms with Crippen LogP contribution < -0.4 is 5.32 Å². The van der Waals surface area contributed by atoms with Gasteiger partial charge in [-0.05, 0) is 38.1 Å². The van der Waals surface area contributed by atoms with Gasteiger partial charge >= 0.3 is 0 Å². The highest BCUT2D eigenvalue weighted by Gasteiger charge is 2.11. The number of nitrogens with one attached hydrogen (secondary N) is 1. The zero-order valence-electron chi connectivity index (χ0n) is 11.0. The Balaban J connectivity index is 2.04. The summed E-state index contributed by atoms with van der Waals surface area (Å²) < 4.78 is 28.4. The Hall–Kier alpha value is -1.75. The zero-order valence-corrected chi connectivity index (χ0v) is 11.0. The van der Waals surface area contributed by atoms with Crippen LogP contribution >= 0.6 is 0 Å². The molecule has 1 unspecified atom stereocenters. The van der Waals surface area contributed by atoms with E-state index in [9.17, 15) is 8.78 Å². The fourth-order valence-electron chi connectivity index (χ4n) is 2.02. The summed E-state index contributed by atoms with van der Waals surface area (Å²) in [7, 11) is 0. The molecule has 0 aliphatic carbocycles. The van der Waals surface area contributed by atoms with Gasteiger partial charge in [0, 0.05) is 30.9 Å². The minimum Gasteiger partial charge on any atom is -0.305 e. The van der Waals surface area contributed by atoms with Gasteiger partial charge in [-0.3, -0.25) is 4.68 Å². The van der Waals surface area contributed by atoms with E-state index in [0.29, 0.717) is 5.56 Å². The van der Waals surface area contributed by atoms with Crippen molar-refractivity contribution in [1.29, 1.82) is 0 Å². The topological polar surface area (TPSA) is 29.9 Å². The summed E-state index contributed by atoms with van der Waals surface area (Å²) in [6, 6.07) is 5.42. The third-order valence-corrected chi connectivity index (χ3v) is 3.10. The lowest BCUT2D eigenvalue weighted by atomic mass is 10.1. The molecule has 0 radical (unpaired) electrons. The molecule has 102 valence electrons. The summed E-state index contributed by atoms with van der Waals surface area (Å²) in [4.78, 5) is 0. The van der Waals surface area contributed by atoms with E-state index in [0.717, 1.165) is 24.4 Å². The summed E-state index contributed by atoms with van der Waals surface area (Å²) in [6.07, 6.45) is 1.74. The molecule has 2 aromatic rings. The molecule has 0 aliphatic rings. The number of halogens is 2. The van der Waals surface area contributed by atoms with Crippen LogP contribution in [-0.2, 0) is 13.1 Å². The number of benzene rings is 1. The van der Waals surface area contributed by atoms with Crippen LogP contribution in [0.25, 0.3) is 0 Å². The van der Waals surface area contributed by atoms with E-state index >= 15 is 0 Å². The quantitative estimate of drug-likeness (QED) is 0.900. The first-order valence-electron chi connectivity index (χ1n) is 6.30. The molecular formula is C14H17F2N3. The third-order valence-electron chi connectivity index (χ3n) is 3.10. The molecule has 0 saturated heterocycles. The normalized spacial score (nSPS) is 12.6. The predicted octanol–water partition coefficient (Wildman–Crippen LogP) is 3.03. The lowest BCUT2D eigenvalue weighted by molar-refractivity contribution is 0.496. The Morgan fingerprint density at radius 1 is 1.32 bits per heavy atom. The predicted molar refractivity (Wildman–Crippen MR) is 69.5 cm³/mol. The molecule has 1 heterocycles. The largest absolute Gasteiger partial charge is 0.305 e. The summed E-state index contributed by atoms with van der Waals surface area (Å²) in [5, 5.41) is 7.36. The molecule has 0 spiro atoms. The maximum atomic E-state index is 13.5. The Bertz CT molecular complexity index is 551. The van der Waals surface area contributed by atoms with E-state index in [-0.39, 0.29) is 12.6 Å². The highest BCUT2D eigenvalue weighted by Crippen LogP contribution is 2.14. The Kier molecular flexibility index (Phi) is 4.27. The molecule has 3 nitrogen and oxygen atoms in total. The molecule has 0 fully saturated rings. The fourth-order valence-corrected chi connectivity index (χ4v) is 2.02. The van der Waals surface area contributed by atoms with Gasteiger partial charge in [-0.2, -0.15) is 5.10 Å².